The van der Waals surface area contributed by atoms with E-state index in [4.69, 9.17) is 10.00 Å². The molecule has 1 aromatic rings. The molecule has 1 rings (SSSR count). The lowest BCUT2D eigenvalue weighted by Crippen LogP contribution is -2.09. The van der Waals surface area contributed by atoms with Gasteiger partial charge in [-0.25, -0.2) is 0 Å². The molecule has 0 bridgehead atoms. The van der Waals surface area contributed by atoms with Gasteiger partial charge in [0, 0.05) is 5.56 Å². The first-order valence-electron chi connectivity index (χ1n) is 5.12. The summed E-state index contributed by atoms with van der Waals surface area (Å²) in [5, 5.41) is 8.31. The molecular formula is C12H13F2NO. The quantitative estimate of drug-likeness (QED) is 0.719. The van der Waals surface area contributed by atoms with Gasteiger partial charge in [0.05, 0.1) is 6.61 Å². The minimum Gasteiger partial charge on any atom is -0.494 e. The Balaban J connectivity index is 2.76. The molecule has 0 aliphatic carbocycles. The summed E-state index contributed by atoms with van der Waals surface area (Å²) in [7, 11) is 0. The van der Waals surface area contributed by atoms with Gasteiger partial charge in [-0.15, -0.1) is 0 Å². The molecule has 0 aromatic heterocycles. The Morgan fingerprint density at radius 3 is 2.81 bits per heavy atom. The van der Waals surface area contributed by atoms with E-state index in [2.05, 4.69) is 0 Å². The number of hydrogen-bond donors (Lipinski definition) is 0. The van der Waals surface area contributed by atoms with Gasteiger partial charge >= 0.3 is 5.92 Å². The molecule has 0 N–H and O–H groups in total. The third-order valence-corrected chi connectivity index (χ3v) is 2.10. The Hall–Kier alpha value is -1.63. The van der Waals surface area contributed by atoms with E-state index in [9.17, 15) is 8.78 Å². The zero-order chi connectivity index (χ0) is 12.0. The van der Waals surface area contributed by atoms with Crippen molar-refractivity contribution in [2.45, 2.75) is 25.7 Å². The Morgan fingerprint density at radius 1 is 1.44 bits per heavy atom. The fraction of sp³-hybridized carbons (Fsp3) is 0.417. The summed E-state index contributed by atoms with van der Waals surface area (Å²) in [6, 6.07) is 6.45. The van der Waals surface area contributed by atoms with Crippen molar-refractivity contribution in [3.05, 3.63) is 29.8 Å². The van der Waals surface area contributed by atoms with Gasteiger partial charge in [-0.3, -0.25) is 0 Å². The number of rotatable bonds is 5. The van der Waals surface area contributed by atoms with Crippen LogP contribution in [0.15, 0.2) is 24.3 Å². The van der Waals surface area contributed by atoms with Crippen molar-refractivity contribution in [3.63, 3.8) is 0 Å². The molecule has 0 unspecified atom stereocenters. The van der Waals surface area contributed by atoms with E-state index in [1.54, 1.807) is 6.07 Å². The van der Waals surface area contributed by atoms with E-state index < -0.39 is 5.92 Å². The maximum atomic E-state index is 13.0. The topological polar surface area (TPSA) is 33.0 Å². The van der Waals surface area contributed by atoms with Crippen LogP contribution in [-0.4, -0.2) is 6.61 Å². The van der Waals surface area contributed by atoms with E-state index in [-0.39, 0.29) is 5.56 Å². The smallest absolute Gasteiger partial charge is 0.357 e. The summed E-state index contributed by atoms with van der Waals surface area (Å²) in [4.78, 5) is 0. The monoisotopic (exact) mass is 225 g/mol. The first kappa shape index (κ1) is 12.4. The number of ether oxygens (including phenoxy) is 1. The van der Waals surface area contributed by atoms with Crippen LogP contribution in [0.3, 0.4) is 0 Å². The molecule has 4 heteroatoms. The van der Waals surface area contributed by atoms with Gasteiger partial charge in [0.25, 0.3) is 0 Å². The number of alkyl halides is 2. The molecule has 86 valence electrons. The van der Waals surface area contributed by atoms with Crippen LogP contribution in [-0.2, 0) is 5.92 Å². The van der Waals surface area contributed by atoms with E-state index in [0.29, 0.717) is 12.4 Å². The summed E-state index contributed by atoms with van der Waals surface area (Å²) >= 11 is 0. The van der Waals surface area contributed by atoms with Gasteiger partial charge in [0.1, 0.15) is 11.8 Å². The Labute approximate surface area is 93.5 Å². The third-order valence-electron chi connectivity index (χ3n) is 2.10. The van der Waals surface area contributed by atoms with Crippen LogP contribution in [0.5, 0.6) is 5.75 Å². The summed E-state index contributed by atoms with van der Waals surface area (Å²) in [6.07, 6.45) is 1.85. The SMILES string of the molecule is CCCCOc1cccc(C(F)(F)C#N)c1. The average Bonchev–Trinajstić information content (AvgIpc) is 2.30. The Bertz CT molecular complexity index is 385. The summed E-state index contributed by atoms with van der Waals surface area (Å²) in [5.74, 6) is -3.08. The van der Waals surface area contributed by atoms with E-state index in [0.717, 1.165) is 18.9 Å². The van der Waals surface area contributed by atoms with Crippen LogP contribution in [0.1, 0.15) is 25.3 Å². The summed E-state index contributed by atoms with van der Waals surface area (Å²) < 4.78 is 31.4. The van der Waals surface area contributed by atoms with Crippen molar-refractivity contribution in [1.82, 2.24) is 0 Å². The van der Waals surface area contributed by atoms with Crippen LogP contribution >= 0.6 is 0 Å². The third kappa shape index (κ3) is 3.20. The zero-order valence-electron chi connectivity index (χ0n) is 9.04. The number of hydrogen-bond acceptors (Lipinski definition) is 2. The fourth-order valence-electron chi connectivity index (χ4n) is 1.18. The van der Waals surface area contributed by atoms with Gasteiger partial charge in [-0.2, -0.15) is 14.0 Å². The van der Waals surface area contributed by atoms with Crippen LogP contribution in [0, 0.1) is 11.3 Å². The van der Waals surface area contributed by atoms with Crippen molar-refractivity contribution in [2.75, 3.05) is 6.61 Å². The highest BCUT2D eigenvalue weighted by molar-refractivity contribution is 5.33. The van der Waals surface area contributed by atoms with Gasteiger partial charge in [-0.05, 0) is 18.6 Å². The van der Waals surface area contributed by atoms with Gasteiger partial charge < -0.3 is 4.74 Å². The minimum atomic E-state index is -3.45. The van der Waals surface area contributed by atoms with Gasteiger partial charge in [0.15, 0.2) is 0 Å². The predicted octanol–water partition coefficient (Wildman–Crippen LogP) is 3.48. The first-order chi connectivity index (χ1) is 7.60. The zero-order valence-corrected chi connectivity index (χ0v) is 9.04. The molecule has 0 saturated heterocycles. The minimum absolute atomic E-state index is 0.330. The molecule has 0 atom stereocenters. The molecule has 1 aromatic carbocycles. The first-order valence-corrected chi connectivity index (χ1v) is 5.12. The highest BCUT2D eigenvalue weighted by atomic mass is 19.3. The standard InChI is InChI=1S/C12H13F2NO/c1-2-3-7-16-11-6-4-5-10(8-11)12(13,14)9-15/h4-6,8H,2-3,7H2,1H3. The summed E-state index contributed by atoms with van der Waals surface area (Å²) in [5.41, 5.74) is -0.330. The second-order valence-electron chi connectivity index (χ2n) is 3.42. The maximum absolute atomic E-state index is 13.0. The molecule has 0 radical (unpaired) electrons. The number of nitriles is 1. The highest BCUT2D eigenvalue weighted by Crippen LogP contribution is 2.29. The van der Waals surface area contributed by atoms with Crippen molar-refractivity contribution in [3.8, 4) is 11.8 Å². The van der Waals surface area contributed by atoms with Crippen molar-refractivity contribution in [1.29, 1.82) is 5.26 Å². The molecule has 0 heterocycles. The lowest BCUT2D eigenvalue weighted by molar-refractivity contribution is 0.0609. The van der Waals surface area contributed by atoms with Crippen LogP contribution in [0.2, 0.25) is 0 Å². The largest absolute Gasteiger partial charge is 0.494 e. The summed E-state index contributed by atoms with van der Waals surface area (Å²) in [6.45, 7) is 2.52. The number of benzene rings is 1. The molecule has 0 aliphatic rings. The van der Waals surface area contributed by atoms with Crippen LogP contribution in [0.4, 0.5) is 8.78 Å². The van der Waals surface area contributed by atoms with Gasteiger partial charge in [0.2, 0.25) is 0 Å². The van der Waals surface area contributed by atoms with Crippen LogP contribution in [0.25, 0.3) is 0 Å². The van der Waals surface area contributed by atoms with Gasteiger partial charge in [-0.1, -0.05) is 25.5 Å². The Kier molecular flexibility index (Phi) is 4.24. The maximum Gasteiger partial charge on any atom is 0.357 e. The number of nitrogens with zero attached hydrogens (tertiary/aromatic N) is 1. The van der Waals surface area contributed by atoms with Crippen molar-refractivity contribution < 1.29 is 13.5 Å². The molecule has 16 heavy (non-hydrogen) atoms. The molecule has 0 amide bonds. The highest BCUT2D eigenvalue weighted by Gasteiger charge is 2.31. The van der Waals surface area contributed by atoms with E-state index in [1.165, 1.54) is 18.2 Å². The Morgan fingerprint density at radius 2 is 2.19 bits per heavy atom. The fourth-order valence-corrected chi connectivity index (χ4v) is 1.18. The van der Waals surface area contributed by atoms with Crippen molar-refractivity contribution in [2.24, 2.45) is 0 Å². The molecule has 0 spiro atoms. The normalized spacial score (nSPS) is 10.9. The lowest BCUT2D eigenvalue weighted by atomic mass is 10.1. The predicted molar refractivity (Wildman–Crippen MR) is 56.4 cm³/mol. The number of unbranched alkanes of at least 4 members (excludes halogenated alkanes) is 1. The number of halogens is 2. The molecular weight excluding hydrogens is 212 g/mol. The molecule has 0 fully saturated rings. The molecule has 0 saturated carbocycles. The van der Waals surface area contributed by atoms with Crippen molar-refractivity contribution >= 4 is 0 Å². The van der Waals surface area contributed by atoms with E-state index >= 15 is 0 Å². The average molecular weight is 225 g/mol. The molecule has 2 nitrogen and oxygen atoms in total. The second-order valence-corrected chi connectivity index (χ2v) is 3.42. The second kappa shape index (κ2) is 5.45. The van der Waals surface area contributed by atoms with Crippen LogP contribution < -0.4 is 4.74 Å². The lowest BCUT2D eigenvalue weighted by Gasteiger charge is -2.10. The van der Waals surface area contributed by atoms with E-state index in [1.807, 2.05) is 6.92 Å². The molecule has 0 aliphatic heterocycles.